The van der Waals surface area contributed by atoms with Crippen LogP contribution < -0.4 is 14.2 Å². The van der Waals surface area contributed by atoms with E-state index in [9.17, 15) is 5.11 Å². The van der Waals surface area contributed by atoms with Gasteiger partial charge < -0.3 is 23.9 Å². The minimum atomic E-state index is -0.0264. The number of aliphatic hydroxyl groups is 1. The molecular formula is C31H36N2O4. The minimum absolute atomic E-state index is 0. The number of rotatable bonds is 6. The van der Waals surface area contributed by atoms with Gasteiger partial charge in [0.25, 0.3) is 0 Å². The van der Waals surface area contributed by atoms with Gasteiger partial charge in [0.15, 0.2) is 11.5 Å². The summed E-state index contributed by atoms with van der Waals surface area (Å²) in [5.74, 6) is 2.41. The molecule has 1 atom stereocenters. The van der Waals surface area contributed by atoms with E-state index in [4.69, 9.17) is 14.2 Å². The summed E-state index contributed by atoms with van der Waals surface area (Å²) in [5, 5.41) is 11.4. The van der Waals surface area contributed by atoms with Crippen molar-refractivity contribution in [1.82, 2.24) is 9.47 Å². The van der Waals surface area contributed by atoms with Crippen LogP contribution in [0.2, 0.25) is 0 Å². The Kier molecular flexibility index (Phi) is 6.88. The van der Waals surface area contributed by atoms with Gasteiger partial charge in [-0.3, -0.25) is 4.90 Å². The second kappa shape index (κ2) is 10.1. The number of aromatic nitrogens is 1. The van der Waals surface area contributed by atoms with Crippen LogP contribution in [0.5, 0.6) is 17.2 Å². The van der Waals surface area contributed by atoms with Crippen molar-refractivity contribution in [3.8, 4) is 17.2 Å². The Balaban J connectivity index is 0.00000280. The smallest absolute Gasteiger partial charge is 0.162 e. The number of aliphatic hydroxyl groups excluding tert-OH is 1. The molecule has 194 valence electrons. The zero-order chi connectivity index (χ0) is 24.8. The van der Waals surface area contributed by atoms with Crippen LogP contribution in [0.15, 0.2) is 54.6 Å². The van der Waals surface area contributed by atoms with E-state index in [-0.39, 0.29) is 20.2 Å². The van der Waals surface area contributed by atoms with Gasteiger partial charge in [-0.25, -0.2) is 0 Å². The van der Waals surface area contributed by atoms with E-state index in [1.165, 1.54) is 33.5 Å². The highest BCUT2D eigenvalue weighted by Gasteiger charge is 2.36. The maximum absolute atomic E-state index is 10.2. The maximum atomic E-state index is 10.2. The first kappa shape index (κ1) is 25.2. The van der Waals surface area contributed by atoms with Crippen LogP contribution in [-0.2, 0) is 32.7 Å². The van der Waals surface area contributed by atoms with Gasteiger partial charge in [0.1, 0.15) is 19.1 Å². The normalized spacial score (nSPS) is 16.4. The predicted octanol–water partition coefficient (Wildman–Crippen LogP) is 5.79. The molecule has 6 rings (SSSR count). The third kappa shape index (κ3) is 4.24. The molecule has 3 heterocycles. The van der Waals surface area contributed by atoms with Crippen molar-refractivity contribution in [2.24, 2.45) is 0 Å². The van der Waals surface area contributed by atoms with Gasteiger partial charge in [0, 0.05) is 30.2 Å². The fourth-order valence-electron chi connectivity index (χ4n) is 5.93. The van der Waals surface area contributed by atoms with Gasteiger partial charge in [0.2, 0.25) is 0 Å². The molecule has 1 aromatic heterocycles. The van der Waals surface area contributed by atoms with E-state index in [2.05, 4.69) is 48.2 Å². The Morgan fingerprint density at radius 2 is 1.84 bits per heavy atom. The van der Waals surface area contributed by atoms with E-state index in [1.54, 1.807) is 14.2 Å². The average Bonchev–Trinajstić information content (AvgIpc) is 3.22. The predicted molar refractivity (Wildman–Crippen MR) is 147 cm³/mol. The van der Waals surface area contributed by atoms with Gasteiger partial charge in [-0.05, 0) is 77.9 Å². The van der Waals surface area contributed by atoms with Crippen LogP contribution >= 0.6 is 0 Å². The summed E-state index contributed by atoms with van der Waals surface area (Å²) in [6.45, 7) is 4.37. The Morgan fingerprint density at radius 1 is 1.00 bits per heavy atom. The number of aryl methyl sites for hydroxylation is 1. The Morgan fingerprint density at radius 3 is 2.59 bits per heavy atom. The molecule has 1 N–H and O–H groups in total. The summed E-state index contributed by atoms with van der Waals surface area (Å²) in [6, 6.07) is 19.0. The third-order valence-electron chi connectivity index (χ3n) is 7.92. The number of fused-ring (bicyclic) bond motifs is 6. The quantitative estimate of drug-likeness (QED) is 0.363. The van der Waals surface area contributed by atoms with Crippen molar-refractivity contribution in [3.05, 3.63) is 88.1 Å². The Labute approximate surface area is 219 Å². The van der Waals surface area contributed by atoms with E-state index >= 15 is 0 Å². The minimum Gasteiger partial charge on any atom is -0.497 e. The van der Waals surface area contributed by atoms with Gasteiger partial charge in [-0.2, -0.15) is 0 Å². The van der Waals surface area contributed by atoms with Crippen LogP contribution in [0.1, 0.15) is 47.0 Å². The van der Waals surface area contributed by atoms with E-state index in [1.807, 2.05) is 22.8 Å². The Bertz CT molecular complexity index is 1440. The van der Waals surface area contributed by atoms with Crippen molar-refractivity contribution in [3.63, 3.8) is 0 Å². The largest absolute Gasteiger partial charge is 0.497 e. The van der Waals surface area contributed by atoms with Gasteiger partial charge in [0.05, 0.1) is 19.7 Å². The second-order valence-electron chi connectivity index (χ2n) is 9.74. The zero-order valence-electron chi connectivity index (χ0n) is 21.1. The van der Waals surface area contributed by atoms with E-state index < -0.39 is 0 Å². The highest BCUT2D eigenvalue weighted by molar-refractivity contribution is 5.87. The van der Waals surface area contributed by atoms with Crippen molar-refractivity contribution < 1.29 is 19.3 Å². The van der Waals surface area contributed by atoms with Gasteiger partial charge >= 0.3 is 0 Å². The van der Waals surface area contributed by atoms with Crippen LogP contribution in [0.4, 0.5) is 0 Å². The summed E-state index contributed by atoms with van der Waals surface area (Å²) in [5.41, 5.74) is 8.57. The maximum Gasteiger partial charge on any atom is 0.162 e. The first-order valence-corrected chi connectivity index (χ1v) is 12.5. The topological polar surface area (TPSA) is 56.1 Å². The van der Waals surface area contributed by atoms with Crippen LogP contribution in [0.25, 0.3) is 10.9 Å². The lowest BCUT2D eigenvalue weighted by Gasteiger charge is -2.41. The number of ether oxygens (including phenoxy) is 3. The lowest BCUT2D eigenvalue weighted by molar-refractivity contribution is 0.145. The first-order chi connectivity index (χ1) is 17.6. The monoisotopic (exact) mass is 500 g/mol. The van der Waals surface area contributed by atoms with Crippen molar-refractivity contribution in [1.29, 1.82) is 0 Å². The lowest BCUT2D eigenvalue weighted by atomic mass is 9.85. The number of benzene rings is 3. The van der Waals surface area contributed by atoms with Crippen LogP contribution in [0, 0.1) is 6.92 Å². The first-order valence-electron chi connectivity index (χ1n) is 12.5. The van der Waals surface area contributed by atoms with Crippen molar-refractivity contribution >= 4 is 10.9 Å². The molecule has 0 aliphatic carbocycles. The van der Waals surface area contributed by atoms with E-state index in [0.29, 0.717) is 6.61 Å². The summed E-state index contributed by atoms with van der Waals surface area (Å²) in [4.78, 5) is 2.53. The molecule has 0 fully saturated rings. The molecule has 3 aromatic carbocycles. The lowest BCUT2D eigenvalue weighted by Crippen LogP contribution is -2.39. The fourth-order valence-corrected chi connectivity index (χ4v) is 5.93. The molecule has 2 aliphatic rings. The molecule has 4 aromatic rings. The summed E-state index contributed by atoms with van der Waals surface area (Å²) in [6.07, 6.45) is 1.84. The molecule has 0 radical (unpaired) electrons. The highest BCUT2D eigenvalue weighted by Crippen LogP contribution is 2.45. The van der Waals surface area contributed by atoms with Crippen LogP contribution in [0.3, 0.4) is 0 Å². The molecule has 0 spiro atoms. The van der Waals surface area contributed by atoms with Crippen molar-refractivity contribution in [2.75, 3.05) is 20.8 Å². The zero-order valence-corrected chi connectivity index (χ0v) is 21.1. The number of nitrogens with zero attached hydrogens (tertiary/aromatic N) is 2. The molecule has 0 bridgehead atoms. The molecule has 0 saturated heterocycles. The summed E-state index contributed by atoms with van der Waals surface area (Å²) >= 11 is 0. The highest BCUT2D eigenvalue weighted by atomic mass is 16.5. The number of methoxy groups -OCH3 is 2. The number of hydrogen-bond donors (Lipinski definition) is 1. The van der Waals surface area contributed by atoms with E-state index in [0.717, 1.165) is 54.1 Å². The molecule has 0 saturated carbocycles. The van der Waals surface area contributed by atoms with Gasteiger partial charge in [-0.15, -0.1) is 0 Å². The van der Waals surface area contributed by atoms with Gasteiger partial charge in [-0.1, -0.05) is 31.7 Å². The molecule has 6 heteroatoms. The molecule has 6 nitrogen and oxygen atoms in total. The fraction of sp³-hybridized carbons (Fsp3) is 0.355. The SMILES string of the molecule is C.COc1ccc2c(c1)c1c(n2CO)CN2CCc3cc(OC)c(OCc4ccccc4C)cc3C2C1. The van der Waals surface area contributed by atoms with Crippen LogP contribution in [-0.4, -0.2) is 35.3 Å². The average molecular weight is 501 g/mol. The number of hydrogen-bond acceptors (Lipinski definition) is 5. The Hall–Kier alpha value is -3.48. The molecule has 2 aliphatic heterocycles. The summed E-state index contributed by atoms with van der Waals surface area (Å²) in [7, 11) is 3.41. The van der Waals surface area contributed by atoms with Crippen molar-refractivity contribution in [2.45, 2.75) is 53.1 Å². The molecule has 0 amide bonds. The molecule has 1 unspecified atom stereocenters. The molecular weight excluding hydrogens is 464 g/mol. The third-order valence-corrected chi connectivity index (χ3v) is 7.92. The molecule has 37 heavy (non-hydrogen) atoms. The standard InChI is InChI=1S/C30H32N2O4.CH4/c1-19-6-4-5-7-21(19)17-36-30-15-23-20(12-29(30)35-3)10-11-31-16-28-25(14-27(23)31)24-13-22(34-2)8-9-26(24)32(28)18-33;/h4-9,12-13,15,27,33H,10-11,14,16-18H2,1-3H3;1H4. The summed E-state index contributed by atoms with van der Waals surface area (Å²) < 4.78 is 19.6. The second-order valence-corrected chi connectivity index (χ2v) is 9.74.